The smallest absolute Gasteiger partial charge is 0.294 e. The molecule has 0 radical (unpaired) electrons. The number of nitrogens with one attached hydrogen (secondary N) is 1. The first kappa shape index (κ1) is 19.6. The van der Waals surface area contributed by atoms with Crippen LogP contribution in [0.1, 0.15) is 22.9 Å². The van der Waals surface area contributed by atoms with Gasteiger partial charge in [-0.3, -0.25) is 14.5 Å². The van der Waals surface area contributed by atoms with Crippen molar-refractivity contribution in [1.82, 2.24) is 0 Å². The van der Waals surface area contributed by atoms with Crippen molar-refractivity contribution >= 4 is 23.2 Å². The van der Waals surface area contributed by atoms with Gasteiger partial charge in [-0.15, -0.1) is 0 Å². The fraction of sp³-hybridized carbons (Fsp3) is 0.208. The zero-order valence-corrected chi connectivity index (χ0v) is 17.3. The largest absolute Gasteiger partial charge is 0.497 e. The van der Waals surface area contributed by atoms with Crippen LogP contribution in [0.5, 0.6) is 5.75 Å². The van der Waals surface area contributed by atoms with Gasteiger partial charge in [0.2, 0.25) is 18.3 Å². The summed E-state index contributed by atoms with van der Waals surface area (Å²) in [6.45, 7) is 4.16. The molecule has 0 bridgehead atoms. The van der Waals surface area contributed by atoms with Gasteiger partial charge in [0.1, 0.15) is 5.75 Å². The zero-order valence-electron chi connectivity index (χ0n) is 17.3. The van der Waals surface area contributed by atoms with E-state index in [4.69, 9.17) is 4.74 Å². The number of fused-ring (bicyclic) bond motifs is 1. The highest BCUT2D eigenvalue weighted by Gasteiger charge is 2.43. The molecule has 3 aromatic rings. The Balaban J connectivity index is 1.76. The maximum atomic E-state index is 13.4. The number of rotatable bonds is 4. The summed E-state index contributed by atoms with van der Waals surface area (Å²) in [6.07, 6.45) is 1.83. The van der Waals surface area contributed by atoms with Gasteiger partial charge in [0.15, 0.2) is 6.20 Å². The third-order valence-electron chi connectivity index (χ3n) is 5.18. The minimum atomic E-state index is -0.782. The lowest BCUT2D eigenvalue weighted by Crippen LogP contribution is -2.58. The number of nitrogens with zero attached hydrogens (tertiary/aromatic N) is 2. The van der Waals surface area contributed by atoms with Crippen LogP contribution < -0.4 is 19.5 Å². The maximum Gasteiger partial charge on any atom is 0.294 e. The van der Waals surface area contributed by atoms with Crippen LogP contribution in [0.15, 0.2) is 66.9 Å². The van der Waals surface area contributed by atoms with E-state index >= 15 is 0 Å². The summed E-state index contributed by atoms with van der Waals surface area (Å²) in [5, 5.41) is 2.95. The monoisotopic (exact) mass is 402 g/mol. The summed E-state index contributed by atoms with van der Waals surface area (Å²) in [4.78, 5) is 28.2. The highest BCUT2D eigenvalue weighted by molar-refractivity contribution is 6.05. The Hall–Kier alpha value is -3.67. The number of aromatic nitrogens is 1. The van der Waals surface area contributed by atoms with E-state index < -0.39 is 6.04 Å². The van der Waals surface area contributed by atoms with Gasteiger partial charge in [0.25, 0.3) is 11.8 Å². The molecule has 152 valence electrons. The Morgan fingerprint density at radius 2 is 1.77 bits per heavy atom. The van der Waals surface area contributed by atoms with Crippen LogP contribution in [0.25, 0.3) is 0 Å². The van der Waals surface area contributed by atoms with Gasteiger partial charge in [-0.25, -0.2) is 0 Å². The number of ether oxygens (including phenoxy) is 1. The van der Waals surface area contributed by atoms with Crippen molar-refractivity contribution in [1.29, 1.82) is 0 Å². The van der Waals surface area contributed by atoms with Gasteiger partial charge < -0.3 is 10.1 Å². The van der Waals surface area contributed by atoms with E-state index in [1.54, 1.807) is 36.3 Å². The lowest BCUT2D eigenvalue weighted by molar-refractivity contribution is -0.695. The number of pyridine rings is 1. The Bertz CT molecular complexity index is 1090. The molecule has 1 unspecified atom stereocenters. The minimum Gasteiger partial charge on any atom is -0.497 e. The number of hydrogen-bond donors (Lipinski definition) is 1. The SMILES string of the molecule is COc1ccc(NC(=O)C2c3cccc[n+]3CC(=O)N2c2cc(C)cc(C)c2)cc1. The van der Waals surface area contributed by atoms with Crippen LogP contribution in [0.3, 0.4) is 0 Å². The Morgan fingerprint density at radius 1 is 1.07 bits per heavy atom. The van der Waals surface area contributed by atoms with Gasteiger partial charge in [-0.2, -0.15) is 4.57 Å². The summed E-state index contributed by atoms with van der Waals surface area (Å²) in [5.74, 6) is 0.310. The van der Waals surface area contributed by atoms with Crippen LogP contribution in [0.4, 0.5) is 11.4 Å². The summed E-state index contributed by atoms with van der Waals surface area (Å²) in [6, 6.07) is 17.9. The normalized spacial score (nSPS) is 15.5. The molecule has 1 N–H and O–H groups in total. The molecule has 30 heavy (non-hydrogen) atoms. The van der Waals surface area contributed by atoms with E-state index in [1.165, 1.54) is 0 Å². The molecule has 0 saturated carbocycles. The molecular weight excluding hydrogens is 378 g/mol. The van der Waals surface area contributed by atoms with Crippen molar-refractivity contribution < 1.29 is 18.9 Å². The molecule has 6 heteroatoms. The average Bonchev–Trinajstić information content (AvgIpc) is 2.72. The van der Waals surface area contributed by atoms with Crippen molar-refractivity contribution in [3.8, 4) is 5.75 Å². The second-order valence-electron chi connectivity index (χ2n) is 7.48. The van der Waals surface area contributed by atoms with Crippen LogP contribution in [0, 0.1) is 13.8 Å². The number of aryl methyl sites for hydroxylation is 2. The van der Waals surface area contributed by atoms with Crippen LogP contribution in [-0.2, 0) is 16.1 Å². The number of amides is 2. The van der Waals surface area contributed by atoms with Crippen molar-refractivity contribution in [2.75, 3.05) is 17.3 Å². The van der Waals surface area contributed by atoms with E-state index in [2.05, 4.69) is 5.32 Å². The summed E-state index contributed by atoms with van der Waals surface area (Å²) in [5.41, 5.74) is 4.21. The Labute approximate surface area is 175 Å². The molecule has 1 aliphatic rings. The van der Waals surface area contributed by atoms with Crippen LogP contribution in [0.2, 0.25) is 0 Å². The molecule has 0 saturated heterocycles. The predicted octanol–water partition coefficient (Wildman–Crippen LogP) is 3.33. The average molecular weight is 402 g/mol. The Morgan fingerprint density at radius 3 is 2.43 bits per heavy atom. The van der Waals surface area contributed by atoms with Crippen molar-refractivity contribution in [2.24, 2.45) is 0 Å². The van der Waals surface area contributed by atoms with E-state index in [0.717, 1.165) is 22.5 Å². The lowest BCUT2D eigenvalue weighted by atomic mass is 10.0. The first-order chi connectivity index (χ1) is 14.5. The summed E-state index contributed by atoms with van der Waals surface area (Å²) in [7, 11) is 1.59. The number of methoxy groups -OCH3 is 1. The van der Waals surface area contributed by atoms with E-state index in [-0.39, 0.29) is 18.4 Å². The van der Waals surface area contributed by atoms with Gasteiger partial charge in [0.05, 0.1) is 7.11 Å². The highest BCUT2D eigenvalue weighted by Crippen LogP contribution is 2.31. The molecular formula is C24H24N3O3+. The molecule has 0 fully saturated rings. The molecule has 1 aromatic heterocycles. The van der Waals surface area contributed by atoms with Crippen LogP contribution in [-0.4, -0.2) is 18.9 Å². The molecule has 1 atom stereocenters. The maximum absolute atomic E-state index is 13.4. The van der Waals surface area contributed by atoms with Crippen molar-refractivity contribution in [2.45, 2.75) is 26.4 Å². The zero-order chi connectivity index (χ0) is 21.3. The molecule has 4 rings (SSSR count). The predicted molar refractivity (Wildman–Crippen MR) is 114 cm³/mol. The number of hydrogen-bond acceptors (Lipinski definition) is 3. The summed E-state index contributed by atoms with van der Waals surface area (Å²) < 4.78 is 7.01. The summed E-state index contributed by atoms with van der Waals surface area (Å²) >= 11 is 0. The third-order valence-corrected chi connectivity index (χ3v) is 5.18. The number of carbonyl (C=O) groups is 2. The first-order valence-electron chi connectivity index (χ1n) is 9.80. The molecule has 2 amide bonds. The second kappa shape index (κ2) is 7.99. The van der Waals surface area contributed by atoms with Crippen molar-refractivity contribution in [3.05, 3.63) is 83.7 Å². The topological polar surface area (TPSA) is 62.5 Å². The quantitative estimate of drug-likeness (QED) is 0.681. The van der Waals surface area contributed by atoms with E-state index in [9.17, 15) is 9.59 Å². The second-order valence-corrected chi connectivity index (χ2v) is 7.48. The van der Waals surface area contributed by atoms with Crippen molar-refractivity contribution in [3.63, 3.8) is 0 Å². The fourth-order valence-electron chi connectivity index (χ4n) is 3.90. The number of benzene rings is 2. The molecule has 6 nitrogen and oxygen atoms in total. The first-order valence-corrected chi connectivity index (χ1v) is 9.80. The third kappa shape index (κ3) is 3.76. The molecule has 0 spiro atoms. The minimum absolute atomic E-state index is 0.126. The highest BCUT2D eigenvalue weighted by atomic mass is 16.5. The van der Waals surface area contributed by atoms with E-state index in [0.29, 0.717) is 11.4 Å². The molecule has 1 aliphatic heterocycles. The lowest BCUT2D eigenvalue weighted by Gasteiger charge is -2.32. The standard InChI is InChI=1S/C24H23N3O3/c1-16-12-17(2)14-19(13-16)27-22(28)15-26-11-5-4-6-21(26)23(27)24(29)25-18-7-9-20(30-3)10-8-18/h4-14,23H,15H2,1-3H3/p+1. The van der Waals surface area contributed by atoms with E-state index in [1.807, 2.05) is 61.0 Å². The molecule has 2 aromatic carbocycles. The number of carbonyl (C=O) groups excluding carboxylic acids is 2. The number of anilines is 2. The molecule has 2 heterocycles. The van der Waals surface area contributed by atoms with Gasteiger partial charge in [-0.05, 0) is 61.4 Å². The van der Waals surface area contributed by atoms with Gasteiger partial charge in [0, 0.05) is 23.5 Å². The van der Waals surface area contributed by atoms with Crippen LogP contribution >= 0.6 is 0 Å². The fourth-order valence-corrected chi connectivity index (χ4v) is 3.90. The Kier molecular flexibility index (Phi) is 5.23. The molecule has 0 aliphatic carbocycles. The van der Waals surface area contributed by atoms with Gasteiger partial charge in [-0.1, -0.05) is 12.1 Å². The van der Waals surface area contributed by atoms with Gasteiger partial charge >= 0.3 is 0 Å².